The second-order valence-corrected chi connectivity index (χ2v) is 4.92. The third kappa shape index (κ3) is 4.55. The van der Waals surface area contributed by atoms with Gasteiger partial charge >= 0.3 is 5.97 Å². The van der Waals surface area contributed by atoms with Gasteiger partial charge in [0.1, 0.15) is 6.42 Å². The van der Waals surface area contributed by atoms with Gasteiger partial charge in [0.25, 0.3) is 0 Å². The van der Waals surface area contributed by atoms with Crippen LogP contribution in [0.4, 0.5) is 5.69 Å². The maximum atomic E-state index is 12.0. The molecule has 2 aromatic rings. The van der Waals surface area contributed by atoms with Crippen LogP contribution in [0.5, 0.6) is 0 Å². The SMILES string of the molecule is COC(=O)C(=Cc1ccc(NC(=O)CC#N)cc1)c1ccccc1. The van der Waals surface area contributed by atoms with Crippen molar-refractivity contribution in [2.75, 3.05) is 12.4 Å². The molecule has 0 spiro atoms. The largest absolute Gasteiger partial charge is 0.465 e. The van der Waals surface area contributed by atoms with E-state index in [4.69, 9.17) is 10.00 Å². The quantitative estimate of drug-likeness (QED) is 0.521. The van der Waals surface area contributed by atoms with Crippen molar-refractivity contribution in [2.45, 2.75) is 6.42 Å². The second-order valence-electron chi connectivity index (χ2n) is 4.92. The Bertz CT molecular complexity index is 788. The number of amides is 1. The Morgan fingerprint density at radius 1 is 1.12 bits per heavy atom. The summed E-state index contributed by atoms with van der Waals surface area (Å²) in [7, 11) is 1.34. The number of ether oxygens (including phenoxy) is 1. The van der Waals surface area contributed by atoms with Crippen LogP contribution >= 0.6 is 0 Å². The Kier molecular flexibility index (Phi) is 5.87. The summed E-state index contributed by atoms with van der Waals surface area (Å²) in [5, 5.41) is 11.1. The van der Waals surface area contributed by atoms with Crippen molar-refractivity contribution in [3.8, 4) is 6.07 Å². The van der Waals surface area contributed by atoms with Crippen molar-refractivity contribution in [2.24, 2.45) is 0 Å². The molecule has 1 amide bonds. The fourth-order valence-corrected chi connectivity index (χ4v) is 2.09. The van der Waals surface area contributed by atoms with E-state index in [0.29, 0.717) is 11.3 Å². The molecule has 1 N–H and O–H groups in total. The highest BCUT2D eigenvalue weighted by atomic mass is 16.5. The molecule has 0 radical (unpaired) electrons. The number of nitriles is 1. The van der Waals surface area contributed by atoms with Crippen molar-refractivity contribution in [1.82, 2.24) is 0 Å². The first-order chi connectivity index (χ1) is 11.6. The van der Waals surface area contributed by atoms with Gasteiger partial charge in [0, 0.05) is 5.69 Å². The minimum atomic E-state index is -0.424. The van der Waals surface area contributed by atoms with Crippen LogP contribution in [-0.2, 0) is 14.3 Å². The summed E-state index contributed by atoms with van der Waals surface area (Å²) >= 11 is 0. The molecule has 5 nitrogen and oxygen atoms in total. The van der Waals surface area contributed by atoms with E-state index in [2.05, 4.69) is 5.32 Å². The predicted octanol–water partition coefficient (Wildman–Crippen LogP) is 3.25. The summed E-state index contributed by atoms with van der Waals surface area (Å²) < 4.78 is 4.85. The lowest BCUT2D eigenvalue weighted by Crippen LogP contribution is -2.09. The Hall–Kier alpha value is -3.39. The molecular weight excluding hydrogens is 304 g/mol. The van der Waals surface area contributed by atoms with Gasteiger partial charge in [-0.05, 0) is 29.3 Å². The van der Waals surface area contributed by atoms with Crippen LogP contribution < -0.4 is 5.32 Å². The number of hydrogen-bond acceptors (Lipinski definition) is 4. The van der Waals surface area contributed by atoms with Crippen molar-refractivity contribution >= 4 is 29.2 Å². The van der Waals surface area contributed by atoms with Gasteiger partial charge in [0.2, 0.25) is 5.91 Å². The first-order valence-corrected chi connectivity index (χ1v) is 7.26. The average Bonchev–Trinajstić information content (AvgIpc) is 2.61. The number of rotatable bonds is 5. The maximum Gasteiger partial charge on any atom is 0.338 e. The lowest BCUT2D eigenvalue weighted by molar-refractivity contribution is -0.133. The zero-order chi connectivity index (χ0) is 17.4. The first-order valence-electron chi connectivity index (χ1n) is 7.26. The number of hydrogen-bond donors (Lipinski definition) is 1. The lowest BCUT2D eigenvalue weighted by atomic mass is 10.0. The lowest BCUT2D eigenvalue weighted by Gasteiger charge is -2.07. The topological polar surface area (TPSA) is 79.2 Å². The summed E-state index contributed by atoms with van der Waals surface area (Å²) in [6.07, 6.45) is 1.53. The number of nitrogens with one attached hydrogen (secondary N) is 1. The van der Waals surface area contributed by atoms with Crippen molar-refractivity contribution < 1.29 is 14.3 Å². The molecule has 0 fully saturated rings. The molecule has 5 heteroatoms. The zero-order valence-corrected chi connectivity index (χ0v) is 13.2. The summed E-state index contributed by atoms with van der Waals surface area (Å²) in [5.41, 5.74) is 2.58. The fourth-order valence-electron chi connectivity index (χ4n) is 2.09. The van der Waals surface area contributed by atoms with E-state index in [1.807, 2.05) is 30.3 Å². The molecule has 0 aromatic heterocycles. The third-order valence-corrected chi connectivity index (χ3v) is 3.24. The highest BCUT2D eigenvalue weighted by Crippen LogP contribution is 2.20. The summed E-state index contributed by atoms with van der Waals surface area (Å²) in [6, 6.07) is 18.0. The summed E-state index contributed by atoms with van der Waals surface area (Å²) in [6.45, 7) is 0. The number of methoxy groups -OCH3 is 1. The molecular formula is C19H16N2O3. The van der Waals surface area contributed by atoms with Gasteiger partial charge in [-0.15, -0.1) is 0 Å². The van der Waals surface area contributed by atoms with Crippen LogP contribution in [0.15, 0.2) is 54.6 Å². The standard InChI is InChI=1S/C19H16N2O3/c1-24-19(23)17(15-5-3-2-4-6-15)13-14-7-9-16(10-8-14)21-18(22)11-12-20/h2-10,13H,11H2,1H3,(H,21,22). The number of anilines is 1. The van der Waals surface area contributed by atoms with Crippen LogP contribution in [0.1, 0.15) is 17.5 Å². The molecule has 24 heavy (non-hydrogen) atoms. The highest BCUT2D eigenvalue weighted by Gasteiger charge is 2.12. The van der Waals surface area contributed by atoms with Gasteiger partial charge in [-0.2, -0.15) is 5.26 Å². The van der Waals surface area contributed by atoms with Gasteiger partial charge in [-0.3, -0.25) is 4.79 Å². The number of nitrogens with zero attached hydrogens (tertiary/aromatic N) is 1. The number of carbonyl (C=O) groups is 2. The Labute approximate surface area is 140 Å². The third-order valence-electron chi connectivity index (χ3n) is 3.24. The van der Waals surface area contributed by atoms with Gasteiger partial charge in [0.15, 0.2) is 0 Å². The van der Waals surface area contributed by atoms with Crippen molar-refractivity contribution in [3.05, 3.63) is 65.7 Å². The Morgan fingerprint density at radius 3 is 2.38 bits per heavy atom. The van der Waals surface area contributed by atoms with E-state index in [1.54, 1.807) is 36.4 Å². The smallest absolute Gasteiger partial charge is 0.338 e. The number of carbonyl (C=O) groups excluding carboxylic acids is 2. The average molecular weight is 320 g/mol. The van der Waals surface area contributed by atoms with Crippen molar-refractivity contribution in [1.29, 1.82) is 5.26 Å². The van der Waals surface area contributed by atoms with E-state index in [0.717, 1.165) is 11.1 Å². The van der Waals surface area contributed by atoms with Crippen LogP contribution in [-0.4, -0.2) is 19.0 Å². The summed E-state index contributed by atoms with van der Waals surface area (Å²) in [4.78, 5) is 23.4. The monoisotopic (exact) mass is 320 g/mol. The van der Waals surface area contributed by atoms with Crippen LogP contribution in [0.3, 0.4) is 0 Å². The second kappa shape index (κ2) is 8.30. The van der Waals surface area contributed by atoms with Crippen LogP contribution in [0.25, 0.3) is 11.6 Å². The van der Waals surface area contributed by atoms with Crippen LogP contribution in [0.2, 0.25) is 0 Å². The van der Waals surface area contributed by atoms with Gasteiger partial charge in [-0.25, -0.2) is 4.79 Å². The van der Waals surface area contributed by atoms with E-state index < -0.39 is 5.97 Å². The van der Waals surface area contributed by atoms with E-state index in [-0.39, 0.29) is 12.3 Å². The van der Waals surface area contributed by atoms with Gasteiger partial charge in [-0.1, -0.05) is 42.5 Å². The molecule has 0 atom stereocenters. The first kappa shape index (κ1) is 17.0. The molecule has 0 saturated carbocycles. The molecule has 0 saturated heterocycles. The molecule has 0 aliphatic heterocycles. The molecule has 0 heterocycles. The van der Waals surface area contributed by atoms with E-state index >= 15 is 0 Å². The maximum absolute atomic E-state index is 12.0. The van der Waals surface area contributed by atoms with E-state index in [1.165, 1.54) is 7.11 Å². The molecule has 0 unspecified atom stereocenters. The molecule has 120 valence electrons. The number of benzene rings is 2. The Balaban J connectivity index is 2.25. The summed E-state index contributed by atoms with van der Waals surface area (Å²) in [5.74, 6) is -0.784. The minimum absolute atomic E-state index is 0.192. The van der Waals surface area contributed by atoms with Crippen LogP contribution in [0, 0.1) is 11.3 Å². The van der Waals surface area contributed by atoms with Gasteiger partial charge < -0.3 is 10.1 Å². The molecule has 2 aromatic carbocycles. The zero-order valence-electron chi connectivity index (χ0n) is 13.2. The van der Waals surface area contributed by atoms with Gasteiger partial charge in [0.05, 0.1) is 18.8 Å². The molecule has 0 aliphatic rings. The molecule has 0 bridgehead atoms. The highest BCUT2D eigenvalue weighted by molar-refractivity contribution is 6.21. The molecule has 0 aliphatic carbocycles. The number of esters is 1. The Morgan fingerprint density at radius 2 is 1.79 bits per heavy atom. The fraction of sp³-hybridized carbons (Fsp3) is 0.105. The van der Waals surface area contributed by atoms with Crippen molar-refractivity contribution in [3.63, 3.8) is 0 Å². The molecule has 2 rings (SSSR count). The van der Waals surface area contributed by atoms with E-state index in [9.17, 15) is 9.59 Å². The predicted molar refractivity (Wildman–Crippen MR) is 91.6 cm³/mol. The normalized spacial score (nSPS) is 10.6. The minimum Gasteiger partial charge on any atom is -0.465 e.